The monoisotopic (exact) mass is 361 g/mol. The molecular weight excluding hydrogens is 338 g/mol. The number of hydrogen-bond acceptors (Lipinski definition) is 4. The van der Waals surface area contributed by atoms with Gasteiger partial charge in [-0.1, -0.05) is 36.4 Å². The van der Waals surface area contributed by atoms with Gasteiger partial charge in [0.1, 0.15) is 0 Å². The molecule has 134 valence electrons. The fraction of sp³-hybridized carbons (Fsp3) is 0.278. The van der Waals surface area contributed by atoms with Crippen LogP contribution in [-0.2, 0) is 14.8 Å². The molecule has 0 saturated heterocycles. The van der Waals surface area contributed by atoms with Crippen molar-refractivity contribution in [1.82, 2.24) is 9.62 Å². The molecule has 0 aromatic heterocycles. The van der Waals surface area contributed by atoms with Crippen molar-refractivity contribution in [2.45, 2.75) is 4.90 Å². The molecule has 0 saturated carbocycles. The van der Waals surface area contributed by atoms with Gasteiger partial charge in [0.25, 0.3) is 0 Å². The molecule has 25 heavy (non-hydrogen) atoms. The van der Waals surface area contributed by atoms with Crippen molar-refractivity contribution in [1.29, 1.82) is 0 Å². The van der Waals surface area contributed by atoms with Gasteiger partial charge < -0.3 is 10.2 Å². The van der Waals surface area contributed by atoms with Crippen LogP contribution in [0, 0.1) is 0 Å². The number of nitrogens with zero attached hydrogens (tertiary/aromatic N) is 2. The first-order valence-corrected chi connectivity index (χ1v) is 9.39. The highest BCUT2D eigenvalue weighted by molar-refractivity contribution is 7.89. The van der Waals surface area contributed by atoms with E-state index in [1.807, 2.05) is 42.3 Å². The van der Waals surface area contributed by atoms with E-state index in [1.54, 1.807) is 18.2 Å². The van der Waals surface area contributed by atoms with E-state index in [0.717, 1.165) is 9.99 Å². The van der Waals surface area contributed by atoms with Gasteiger partial charge in [-0.05, 0) is 24.3 Å². The smallest absolute Gasteiger partial charge is 0.243 e. The minimum atomic E-state index is -3.66. The van der Waals surface area contributed by atoms with E-state index >= 15 is 0 Å². The summed E-state index contributed by atoms with van der Waals surface area (Å²) in [5, 5.41) is 2.75. The third-order valence-electron chi connectivity index (χ3n) is 3.78. The van der Waals surface area contributed by atoms with Crippen LogP contribution in [0.3, 0.4) is 0 Å². The molecule has 6 nitrogen and oxygen atoms in total. The number of para-hydroxylation sites is 1. The summed E-state index contributed by atoms with van der Waals surface area (Å²) < 4.78 is 25.8. The lowest BCUT2D eigenvalue weighted by Crippen LogP contribution is -2.40. The van der Waals surface area contributed by atoms with Gasteiger partial charge >= 0.3 is 0 Å². The molecule has 0 atom stereocenters. The molecule has 2 aromatic rings. The summed E-state index contributed by atoms with van der Waals surface area (Å²) in [6, 6.07) is 17.9. The highest BCUT2D eigenvalue weighted by atomic mass is 32.2. The average molecular weight is 361 g/mol. The SMILES string of the molecule is CN(CCNC(=O)CN(C)S(=O)(=O)c1ccccc1)c1ccccc1. The Balaban J connectivity index is 1.82. The first-order valence-electron chi connectivity index (χ1n) is 7.95. The summed E-state index contributed by atoms with van der Waals surface area (Å²) in [7, 11) is -0.318. The quantitative estimate of drug-likeness (QED) is 0.775. The third kappa shape index (κ3) is 5.30. The maximum Gasteiger partial charge on any atom is 0.243 e. The van der Waals surface area contributed by atoms with E-state index in [4.69, 9.17) is 0 Å². The van der Waals surface area contributed by atoms with Crippen LogP contribution < -0.4 is 10.2 Å². The van der Waals surface area contributed by atoms with Crippen molar-refractivity contribution in [2.75, 3.05) is 38.6 Å². The molecule has 1 N–H and O–H groups in total. The number of sulfonamides is 1. The molecule has 0 bridgehead atoms. The van der Waals surface area contributed by atoms with Crippen molar-refractivity contribution in [3.63, 3.8) is 0 Å². The number of carbonyl (C=O) groups excluding carboxylic acids is 1. The molecule has 0 aliphatic carbocycles. The molecule has 2 aromatic carbocycles. The molecule has 0 spiro atoms. The van der Waals surface area contributed by atoms with E-state index in [2.05, 4.69) is 5.32 Å². The van der Waals surface area contributed by atoms with Crippen LogP contribution in [-0.4, -0.2) is 52.4 Å². The highest BCUT2D eigenvalue weighted by Gasteiger charge is 2.22. The van der Waals surface area contributed by atoms with Gasteiger partial charge in [-0.3, -0.25) is 4.79 Å². The number of anilines is 1. The Hall–Kier alpha value is -2.38. The second-order valence-corrected chi connectivity index (χ2v) is 7.73. The summed E-state index contributed by atoms with van der Waals surface area (Å²) in [5.74, 6) is -0.330. The lowest BCUT2D eigenvalue weighted by atomic mass is 10.3. The van der Waals surface area contributed by atoms with Crippen LogP contribution in [0.4, 0.5) is 5.69 Å². The zero-order valence-corrected chi connectivity index (χ0v) is 15.2. The molecule has 0 radical (unpaired) electrons. The van der Waals surface area contributed by atoms with Crippen LogP contribution in [0.5, 0.6) is 0 Å². The van der Waals surface area contributed by atoms with Crippen LogP contribution >= 0.6 is 0 Å². The summed E-state index contributed by atoms with van der Waals surface area (Å²) in [6.07, 6.45) is 0. The Morgan fingerprint density at radius 3 is 2.12 bits per heavy atom. The van der Waals surface area contributed by atoms with Gasteiger partial charge in [-0.2, -0.15) is 4.31 Å². The largest absolute Gasteiger partial charge is 0.373 e. The van der Waals surface area contributed by atoms with E-state index in [1.165, 1.54) is 19.2 Å². The average Bonchev–Trinajstić information content (AvgIpc) is 2.63. The lowest BCUT2D eigenvalue weighted by Gasteiger charge is -2.20. The van der Waals surface area contributed by atoms with E-state index in [9.17, 15) is 13.2 Å². The molecule has 0 unspecified atom stereocenters. The summed E-state index contributed by atoms with van der Waals surface area (Å²) in [6.45, 7) is 0.848. The van der Waals surface area contributed by atoms with Crippen LogP contribution in [0.25, 0.3) is 0 Å². The van der Waals surface area contributed by atoms with Crippen LogP contribution in [0.1, 0.15) is 0 Å². The van der Waals surface area contributed by atoms with Crippen molar-refractivity contribution in [3.05, 3.63) is 60.7 Å². The lowest BCUT2D eigenvalue weighted by molar-refractivity contribution is -0.121. The minimum absolute atomic E-state index is 0.175. The minimum Gasteiger partial charge on any atom is -0.373 e. The number of hydrogen-bond donors (Lipinski definition) is 1. The normalized spacial score (nSPS) is 11.3. The Morgan fingerprint density at radius 2 is 1.52 bits per heavy atom. The summed E-state index contributed by atoms with van der Waals surface area (Å²) >= 11 is 0. The number of likely N-dealkylation sites (N-methyl/N-ethyl adjacent to an activating group) is 2. The number of nitrogens with one attached hydrogen (secondary N) is 1. The first kappa shape index (κ1) is 19.0. The fourth-order valence-electron chi connectivity index (χ4n) is 2.29. The van der Waals surface area contributed by atoms with Crippen LogP contribution in [0.2, 0.25) is 0 Å². The predicted octanol–water partition coefficient (Wildman–Crippen LogP) is 1.56. The topological polar surface area (TPSA) is 69.7 Å². The first-order chi connectivity index (χ1) is 11.9. The van der Waals surface area contributed by atoms with Gasteiger partial charge in [0.15, 0.2) is 0 Å². The van der Waals surface area contributed by atoms with Gasteiger partial charge in [0.05, 0.1) is 11.4 Å². The maximum absolute atomic E-state index is 12.4. The van der Waals surface area contributed by atoms with Gasteiger partial charge in [-0.15, -0.1) is 0 Å². The van der Waals surface area contributed by atoms with Gasteiger partial charge in [0, 0.05) is 32.9 Å². The summed E-state index contributed by atoms with van der Waals surface area (Å²) in [4.78, 5) is 14.2. The Bertz CT molecular complexity index is 780. The Labute approximate surface area is 149 Å². The van der Waals surface area contributed by atoms with Crippen molar-refractivity contribution >= 4 is 21.6 Å². The third-order valence-corrected chi connectivity index (χ3v) is 5.60. The molecular formula is C18H23N3O3S. The zero-order valence-electron chi connectivity index (χ0n) is 14.4. The van der Waals surface area contributed by atoms with E-state index in [0.29, 0.717) is 13.1 Å². The number of carbonyl (C=O) groups is 1. The molecule has 2 rings (SSSR count). The summed E-state index contributed by atoms with van der Waals surface area (Å²) in [5.41, 5.74) is 1.06. The molecule has 1 amide bonds. The molecule has 0 aliphatic heterocycles. The number of amides is 1. The van der Waals surface area contributed by atoms with E-state index < -0.39 is 10.0 Å². The highest BCUT2D eigenvalue weighted by Crippen LogP contribution is 2.13. The zero-order chi connectivity index (χ0) is 18.3. The van der Waals surface area contributed by atoms with Crippen LogP contribution in [0.15, 0.2) is 65.6 Å². The van der Waals surface area contributed by atoms with Crippen molar-refractivity contribution < 1.29 is 13.2 Å². The van der Waals surface area contributed by atoms with Gasteiger partial charge in [-0.25, -0.2) is 8.42 Å². The standard InChI is InChI=1S/C18H23N3O3S/c1-20(16-9-5-3-6-10-16)14-13-19-18(22)15-21(2)25(23,24)17-11-7-4-8-12-17/h3-12H,13-15H2,1-2H3,(H,19,22). The molecule has 7 heteroatoms. The Morgan fingerprint density at radius 1 is 0.960 bits per heavy atom. The molecule has 0 heterocycles. The van der Waals surface area contributed by atoms with Crippen molar-refractivity contribution in [2.24, 2.45) is 0 Å². The molecule has 0 fully saturated rings. The number of benzene rings is 2. The molecule has 0 aliphatic rings. The van der Waals surface area contributed by atoms with Crippen molar-refractivity contribution in [3.8, 4) is 0 Å². The second kappa shape index (κ2) is 8.64. The predicted molar refractivity (Wildman–Crippen MR) is 99.0 cm³/mol. The fourth-order valence-corrected chi connectivity index (χ4v) is 3.44. The maximum atomic E-state index is 12.4. The van der Waals surface area contributed by atoms with Gasteiger partial charge in [0.2, 0.25) is 15.9 Å². The Kier molecular flexibility index (Phi) is 6.55. The number of rotatable bonds is 8. The second-order valence-electron chi connectivity index (χ2n) is 5.68. The van der Waals surface area contributed by atoms with E-state index in [-0.39, 0.29) is 17.3 Å².